The van der Waals surface area contributed by atoms with Crippen molar-refractivity contribution in [3.8, 4) is 0 Å². The molecule has 82 valence electrons. The summed E-state index contributed by atoms with van der Waals surface area (Å²) < 4.78 is 5.96. The van der Waals surface area contributed by atoms with Gasteiger partial charge in [-0.3, -0.25) is 0 Å². The van der Waals surface area contributed by atoms with E-state index in [1.165, 1.54) is 0 Å². The van der Waals surface area contributed by atoms with Crippen molar-refractivity contribution in [3.63, 3.8) is 0 Å². The number of hydrogen-bond acceptors (Lipinski definition) is 2. The molecule has 0 amide bonds. The van der Waals surface area contributed by atoms with Gasteiger partial charge in [-0.2, -0.15) is 0 Å². The molecule has 14 heavy (non-hydrogen) atoms. The maximum Gasteiger partial charge on any atom is 0.101 e. The molecule has 1 aliphatic heterocycles. The van der Waals surface area contributed by atoms with Crippen molar-refractivity contribution in [2.24, 2.45) is 0 Å². The Morgan fingerprint density at radius 1 is 1.57 bits per heavy atom. The van der Waals surface area contributed by atoms with Gasteiger partial charge in [0, 0.05) is 4.83 Å². The van der Waals surface area contributed by atoms with Crippen LogP contribution < -0.4 is 0 Å². The summed E-state index contributed by atoms with van der Waals surface area (Å²) in [5.74, 6) is 0. The van der Waals surface area contributed by atoms with Crippen LogP contribution in [-0.4, -0.2) is 27.2 Å². The molecule has 1 fully saturated rings. The number of alkyl halides is 1. The molecule has 0 saturated carbocycles. The molecule has 0 spiro atoms. The van der Waals surface area contributed by atoms with E-state index in [9.17, 15) is 5.11 Å². The lowest BCUT2D eigenvalue weighted by atomic mass is 9.84. The highest BCUT2D eigenvalue weighted by Crippen LogP contribution is 2.40. The SMILES string of the molecule is C=CC(O)[C@]1(C)CC[C@@H](Br)C(C)(C)O1. The third-order valence-corrected chi connectivity index (χ3v) is 4.55. The fourth-order valence-electron chi connectivity index (χ4n) is 1.93. The zero-order valence-corrected chi connectivity index (χ0v) is 10.7. The van der Waals surface area contributed by atoms with Crippen LogP contribution in [0.5, 0.6) is 0 Å². The van der Waals surface area contributed by atoms with Gasteiger partial charge < -0.3 is 9.84 Å². The van der Waals surface area contributed by atoms with Crippen LogP contribution in [0.3, 0.4) is 0 Å². The van der Waals surface area contributed by atoms with E-state index in [1.54, 1.807) is 6.08 Å². The first-order chi connectivity index (χ1) is 6.32. The Balaban J connectivity index is 2.80. The summed E-state index contributed by atoms with van der Waals surface area (Å²) in [7, 11) is 0. The minimum atomic E-state index is -0.596. The van der Waals surface area contributed by atoms with Gasteiger partial charge in [0.15, 0.2) is 0 Å². The van der Waals surface area contributed by atoms with E-state index in [0.29, 0.717) is 4.83 Å². The van der Waals surface area contributed by atoms with Crippen LogP contribution >= 0.6 is 15.9 Å². The molecule has 1 N–H and O–H groups in total. The zero-order valence-electron chi connectivity index (χ0n) is 9.09. The van der Waals surface area contributed by atoms with Crippen molar-refractivity contribution in [1.29, 1.82) is 0 Å². The Morgan fingerprint density at radius 3 is 2.57 bits per heavy atom. The van der Waals surface area contributed by atoms with Gasteiger partial charge in [-0.25, -0.2) is 0 Å². The standard InChI is InChI=1S/C11H19BrO2/c1-5-9(13)11(4)7-6-8(12)10(2,3)14-11/h5,8-9,13H,1,6-7H2,2-4H3/t8-,9?,11+/m1/s1. The Morgan fingerprint density at radius 2 is 2.14 bits per heavy atom. The summed E-state index contributed by atoms with van der Waals surface area (Å²) in [6.45, 7) is 9.63. The fourth-order valence-corrected chi connectivity index (χ4v) is 2.26. The molecule has 0 aromatic carbocycles. The zero-order chi connectivity index (χ0) is 11.0. The van der Waals surface area contributed by atoms with Crippen LogP contribution in [0.1, 0.15) is 33.6 Å². The van der Waals surface area contributed by atoms with E-state index < -0.39 is 11.7 Å². The predicted molar refractivity (Wildman–Crippen MR) is 61.7 cm³/mol. The smallest absolute Gasteiger partial charge is 0.101 e. The van der Waals surface area contributed by atoms with Crippen molar-refractivity contribution in [2.45, 2.75) is 55.7 Å². The maximum absolute atomic E-state index is 9.80. The summed E-state index contributed by atoms with van der Waals surface area (Å²) in [4.78, 5) is 0.347. The molecule has 0 bridgehead atoms. The van der Waals surface area contributed by atoms with Crippen LogP contribution in [0.15, 0.2) is 12.7 Å². The van der Waals surface area contributed by atoms with E-state index >= 15 is 0 Å². The van der Waals surface area contributed by atoms with Crippen LogP contribution in [0.25, 0.3) is 0 Å². The van der Waals surface area contributed by atoms with Crippen LogP contribution in [0, 0.1) is 0 Å². The molecule has 3 atom stereocenters. The van der Waals surface area contributed by atoms with Gasteiger partial charge in [-0.15, -0.1) is 6.58 Å². The molecule has 3 heteroatoms. The molecule has 0 aliphatic carbocycles. The van der Waals surface area contributed by atoms with E-state index in [2.05, 4.69) is 22.5 Å². The van der Waals surface area contributed by atoms with Gasteiger partial charge in [0.05, 0.1) is 11.2 Å². The highest BCUT2D eigenvalue weighted by atomic mass is 79.9. The van der Waals surface area contributed by atoms with E-state index in [-0.39, 0.29) is 5.60 Å². The fraction of sp³-hybridized carbons (Fsp3) is 0.818. The molecular weight excluding hydrogens is 244 g/mol. The largest absolute Gasteiger partial charge is 0.386 e. The highest BCUT2D eigenvalue weighted by Gasteiger charge is 2.45. The molecule has 0 aromatic heterocycles. The normalized spacial score (nSPS) is 39.1. The summed E-state index contributed by atoms with van der Waals surface area (Å²) in [5.41, 5.74) is -0.730. The maximum atomic E-state index is 9.80. The lowest BCUT2D eigenvalue weighted by Gasteiger charge is -2.47. The molecular formula is C11H19BrO2. The van der Waals surface area contributed by atoms with Crippen molar-refractivity contribution in [2.75, 3.05) is 0 Å². The molecule has 0 aromatic rings. The number of rotatable bonds is 2. The van der Waals surface area contributed by atoms with Gasteiger partial charge in [0.2, 0.25) is 0 Å². The summed E-state index contributed by atoms with van der Waals surface area (Å²) >= 11 is 3.60. The van der Waals surface area contributed by atoms with Crippen molar-refractivity contribution in [1.82, 2.24) is 0 Å². The van der Waals surface area contributed by atoms with E-state index in [0.717, 1.165) is 12.8 Å². The van der Waals surface area contributed by atoms with Crippen molar-refractivity contribution in [3.05, 3.63) is 12.7 Å². The first-order valence-corrected chi connectivity index (χ1v) is 5.88. The average Bonchev–Trinajstić information content (AvgIpc) is 2.10. The predicted octanol–water partition coefficient (Wildman–Crippen LogP) is 2.64. The van der Waals surface area contributed by atoms with Crippen molar-refractivity contribution < 1.29 is 9.84 Å². The third kappa shape index (κ3) is 2.20. The third-order valence-electron chi connectivity index (χ3n) is 2.99. The Labute approximate surface area is 94.5 Å². The minimum Gasteiger partial charge on any atom is -0.386 e. The van der Waals surface area contributed by atoms with Crippen molar-refractivity contribution >= 4 is 15.9 Å². The topological polar surface area (TPSA) is 29.5 Å². The molecule has 1 rings (SSSR count). The Hall–Kier alpha value is 0.140. The number of aliphatic hydroxyl groups excluding tert-OH is 1. The second-order valence-electron chi connectivity index (χ2n) is 4.70. The number of ether oxygens (including phenoxy) is 1. The Bertz CT molecular complexity index is 227. The lowest BCUT2D eigenvalue weighted by Crippen LogP contribution is -2.54. The van der Waals surface area contributed by atoms with Crippen LogP contribution in [-0.2, 0) is 4.74 Å². The first-order valence-electron chi connectivity index (χ1n) is 4.97. The van der Waals surface area contributed by atoms with E-state index in [1.807, 2.05) is 20.8 Å². The summed E-state index contributed by atoms with van der Waals surface area (Å²) in [6, 6.07) is 0. The molecule has 1 unspecified atom stereocenters. The van der Waals surface area contributed by atoms with Gasteiger partial charge in [-0.05, 0) is 33.6 Å². The number of hydrogen-bond donors (Lipinski definition) is 1. The van der Waals surface area contributed by atoms with Crippen LogP contribution in [0.2, 0.25) is 0 Å². The quantitative estimate of drug-likeness (QED) is 0.613. The average molecular weight is 263 g/mol. The Kier molecular flexibility index (Phi) is 3.45. The summed E-state index contributed by atoms with van der Waals surface area (Å²) in [6.07, 6.45) is 2.81. The molecule has 1 aliphatic rings. The number of halogens is 1. The first kappa shape index (κ1) is 12.2. The van der Waals surface area contributed by atoms with Gasteiger partial charge in [0.25, 0.3) is 0 Å². The second kappa shape index (κ2) is 3.95. The molecule has 1 saturated heterocycles. The van der Waals surface area contributed by atoms with E-state index in [4.69, 9.17) is 4.74 Å². The highest BCUT2D eigenvalue weighted by molar-refractivity contribution is 9.09. The van der Waals surface area contributed by atoms with Gasteiger partial charge in [0.1, 0.15) is 6.10 Å². The van der Waals surface area contributed by atoms with Gasteiger partial charge in [-0.1, -0.05) is 22.0 Å². The summed E-state index contributed by atoms with van der Waals surface area (Å²) in [5, 5.41) is 9.80. The minimum absolute atomic E-state index is 0.239. The van der Waals surface area contributed by atoms with Crippen LogP contribution in [0.4, 0.5) is 0 Å². The molecule has 0 radical (unpaired) electrons. The molecule has 1 heterocycles. The number of aliphatic hydroxyl groups is 1. The lowest BCUT2D eigenvalue weighted by molar-refractivity contribution is -0.193. The van der Waals surface area contributed by atoms with Gasteiger partial charge >= 0.3 is 0 Å². The second-order valence-corrected chi connectivity index (χ2v) is 5.81. The molecule has 2 nitrogen and oxygen atoms in total. The monoisotopic (exact) mass is 262 g/mol.